The van der Waals surface area contributed by atoms with Crippen LogP contribution in [0, 0.1) is 5.92 Å². The normalized spacial score (nSPS) is 14.9. The molecule has 3 rings (SSSR count). The third-order valence-electron chi connectivity index (χ3n) is 3.04. The molecule has 3 nitrogen and oxygen atoms in total. The standard InChI is InChI=1S/C13H13ClN2O.ClH/c14-13-12-2-1-11(5-10(12)3-4-16-13)17-8-9-6-15-7-9;/h1-5,9,15H,6-8H2;1H. The summed E-state index contributed by atoms with van der Waals surface area (Å²) in [6, 6.07) is 7.86. The first-order valence-corrected chi connectivity index (χ1v) is 6.08. The fourth-order valence-corrected chi connectivity index (χ4v) is 2.12. The van der Waals surface area contributed by atoms with Gasteiger partial charge < -0.3 is 10.1 Å². The Bertz CT molecular complexity index is 544. The van der Waals surface area contributed by atoms with Gasteiger partial charge >= 0.3 is 0 Å². The van der Waals surface area contributed by atoms with Crippen molar-refractivity contribution in [1.82, 2.24) is 10.3 Å². The summed E-state index contributed by atoms with van der Waals surface area (Å²) in [6.07, 6.45) is 1.71. The molecule has 0 aliphatic carbocycles. The number of pyridine rings is 1. The maximum Gasteiger partial charge on any atom is 0.136 e. The number of fused-ring (bicyclic) bond motifs is 1. The number of aromatic nitrogens is 1. The summed E-state index contributed by atoms with van der Waals surface area (Å²) in [7, 11) is 0. The van der Waals surface area contributed by atoms with E-state index in [2.05, 4.69) is 10.3 Å². The first kappa shape index (κ1) is 13.4. The molecule has 1 saturated heterocycles. The molecule has 2 aromatic rings. The van der Waals surface area contributed by atoms with Gasteiger partial charge in [-0.25, -0.2) is 4.98 Å². The monoisotopic (exact) mass is 284 g/mol. The van der Waals surface area contributed by atoms with E-state index in [0.29, 0.717) is 11.1 Å². The van der Waals surface area contributed by atoms with Crippen molar-refractivity contribution in [3.05, 3.63) is 35.6 Å². The summed E-state index contributed by atoms with van der Waals surface area (Å²) in [5.74, 6) is 1.54. The Labute approximate surface area is 117 Å². The van der Waals surface area contributed by atoms with E-state index in [9.17, 15) is 0 Å². The Kier molecular flexibility index (Phi) is 4.27. The zero-order chi connectivity index (χ0) is 11.7. The van der Waals surface area contributed by atoms with Gasteiger partial charge in [0.1, 0.15) is 10.9 Å². The highest BCUT2D eigenvalue weighted by molar-refractivity contribution is 6.34. The maximum atomic E-state index is 6.01. The molecule has 0 radical (unpaired) electrons. The number of hydrogen-bond donors (Lipinski definition) is 1. The zero-order valence-corrected chi connectivity index (χ0v) is 11.3. The van der Waals surface area contributed by atoms with E-state index in [1.54, 1.807) is 6.20 Å². The molecule has 5 heteroatoms. The molecule has 18 heavy (non-hydrogen) atoms. The first-order valence-electron chi connectivity index (χ1n) is 5.71. The molecular formula is C13H14Cl2N2O. The van der Waals surface area contributed by atoms with Crippen molar-refractivity contribution in [2.24, 2.45) is 5.92 Å². The lowest BCUT2D eigenvalue weighted by atomic mass is 10.1. The highest BCUT2D eigenvalue weighted by Gasteiger charge is 2.17. The Balaban J connectivity index is 0.00000120. The average molecular weight is 285 g/mol. The van der Waals surface area contributed by atoms with E-state index in [4.69, 9.17) is 16.3 Å². The molecule has 0 spiro atoms. The molecule has 1 aromatic heterocycles. The number of nitrogens with one attached hydrogen (secondary N) is 1. The molecule has 1 aliphatic rings. The van der Waals surface area contributed by atoms with Crippen molar-refractivity contribution in [1.29, 1.82) is 0 Å². The number of rotatable bonds is 3. The molecule has 0 bridgehead atoms. The van der Waals surface area contributed by atoms with Gasteiger partial charge in [0.25, 0.3) is 0 Å². The van der Waals surface area contributed by atoms with Crippen molar-refractivity contribution in [2.75, 3.05) is 19.7 Å². The SMILES string of the molecule is Cl.Clc1nccc2cc(OCC3CNC3)ccc12. The second kappa shape index (κ2) is 5.74. The van der Waals surface area contributed by atoms with Gasteiger partial charge in [0.2, 0.25) is 0 Å². The number of hydrogen-bond acceptors (Lipinski definition) is 3. The van der Waals surface area contributed by atoms with Crippen LogP contribution in [-0.4, -0.2) is 24.7 Å². The van der Waals surface area contributed by atoms with Gasteiger partial charge in [0.15, 0.2) is 0 Å². The van der Waals surface area contributed by atoms with Gasteiger partial charge in [0.05, 0.1) is 6.61 Å². The third-order valence-corrected chi connectivity index (χ3v) is 3.34. The molecule has 0 amide bonds. The predicted octanol–water partition coefficient (Wildman–Crippen LogP) is 2.91. The van der Waals surface area contributed by atoms with E-state index in [0.717, 1.165) is 36.2 Å². The molecule has 2 heterocycles. The van der Waals surface area contributed by atoms with Crippen LogP contribution in [0.4, 0.5) is 0 Å². The van der Waals surface area contributed by atoms with E-state index in [-0.39, 0.29) is 12.4 Å². The molecule has 0 atom stereocenters. The fourth-order valence-electron chi connectivity index (χ4n) is 1.89. The first-order chi connectivity index (χ1) is 8.33. The van der Waals surface area contributed by atoms with E-state index in [1.807, 2.05) is 24.3 Å². The highest BCUT2D eigenvalue weighted by atomic mass is 35.5. The van der Waals surface area contributed by atoms with Crippen LogP contribution in [0.25, 0.3) is 10.8 Å². The Hall–Kier alpha value is -1.03. The van der Waals surface area contributed by atoms with Gasteiger partial charge in [-0.3, -0.25) is 0 Å². The fraction of sp³-hybridized carbons (Fsp3) is 0.308. The summed E-state index contributed by atoms with van der Waals surface area (Å²) >= 11 is 6.01. The lowest BCUT2D eigenvalue weighted by molar-refractivity contribution is 0.199. The van der Waals surface area contributed by atoms with Crippen LogP contribution in [-0.2, 0) is 0 Å². The third kappa shape index (κ3) is 2.69. The van der Waals surface area contributed by atoms with Gasteiger partial charge in [0, 0.05) is 30.6 Å². The van der Waals surface area contributed by atoms with Crippen LogP contribution in [0.1, 0.15) is 0 Å². The molecule has 1 N–H and O–H groups in total. The quantitative estimate of drug-likeness (QED) is 0.880. The van der Waals surface area contributed by atoms with E-state index < -0.39 is 0 Å². The van der Waals surface area contributed by atoms with Crippen LogP contribution in [0.3, 0.4) is 0 Å². The Morgan fingerprint density at radius 2 is 2.17 bits per heavy atom. The van der Waals surface area contributed by atoms with Crippen LogP contribution in [0.15, 0.2) is 30.5 Å². The molecule has 1 aliphatic heterocycles. The molecule has 1 fully saturated rings. The minimum absolute atomic E-state index is 0. The number of benzene rings is 1. The number of ether oxygens (including phenoxy) is 1. The second-order valence-corrected chi connectivity index (χ2v) is 4.68. The van der Waals surface area contributed by atoms with Crippen molar-refractivity contribution in [3.8, 4) is 5.75 Å². The van der Waals surface area contributed by atoms with E-state index >= 15 is 0 Å². The summed E-state index contributed by atoms with van der Waals surface area (Å²) in [5.41, 5.74) is 0. The van der Waals surface area contributed by atoms with Crippen molar-refractivity contribution >= 4 is 34.8 Å². The summed E-state index contributed by atoms with van der Waals surface area (Å²) in [4.78, 5) is 4.05. The van der Waals surface area contributed by atoms with Crippen LogP contribution in [0.2, 0.25) is 5.15 Å². The topological polar surface area (TPSA) is 34.1 Å². The summed E-state index contributed by atoms with van der Waals surface area (Å²) in [6.45, 7) is 2.89. The zero-order valence-electron chi connectivity index (χ0n) is 9.73. The van der Waals surface area contributed by atoms with Crippen LogP contribution >= 0.6 is 24.0 Å². The maximum absolute atomic E-state index is 6.01. The minimum atomic E-state index is 0. The molecule has 0 saturated carbocycles. The van der Waals surface area contributed by atoms with Gasteiger partial charge in [-0.05, 0) is 29.7 Å². The smallest absolute Gasteiger partial charge is 0.136 e. The van der Waals surface area contributed by atoms with Gasteiger partial charge in [-0.15, -0.1) is 12.4 Å². The van der Waals surface area contributed by atoms with Crippen molar-refractivity contribution in [3.63, 3.8) is 0 Å². The lowest BCUT2D eigenvalue weighted by Crippen LogP contribution is -2.45. The minimum Gasteiger partial charge on any atom is -0.493 e. The van der Waals surface area contributed by atoms with Crippen molar-refractivity contribution < 1.29 is 4.74 Å². The van der Waals surface area contributed by atoms with Crippen molar-refractivity contribution in [2.45, 2.75) is 0 Å². The highest BCUT2D eigenvalue weighted by Crippen LogP contribution is 2.25. The number of nitrogens with zero attached hydrogens (tertiary/aromatic N) is 1. The Morgan fingerprint density at radius 3 is 2.89 bits per heavy atom. The summed E-state index contributed by atoms with van der Waals surface area (Å²) < 4.78 is 5.75. The van der Waals surface area contributed by atoms with Crippen LogP contribution < -0.4 is 10.1 Å². The Morgan fingerprint density at radius 1 is 1.33 bits per heavy atom. The predicted molar refractivity (Wildman–Crippen MR) is 75.9 cm³/mol. The number of halogens is 2. The van der Waals surface area contributed by atoms with E-state index in [1.165, 1.54) is 0 Å². The largest absolute Gasteiger partial charge is 0.493 e. The lowest BCUT2D eigenvalue weighted by Gasteiger charge is -2.26. The second-order valence-electron chi connectivity index (χ2n) is 4.32. The van der Waals surface area contributed by atoms with Crippen LogP contribution in [0.5, 0.6) is 5.75 Å². The molecular weight excluding hydrogens is 271 g/mol. The van der Waals surface area contributed by atoms with Gasteiger partial charge in [-0.2, -0.15) is 0 Å². The van der Waals surface area contributed by atoms with Gasteiger partial charge in [-0.1, -0.05) is 11.6 Å². The molecule has 1 aromatic carbocycles. The molecule has 96 valence electrons. The average Bonchev–Trinajstić information content (AvgIpc) is 2.27. The molecule has 0 unspecified atom stereocenters. The summed E-state index contributed by atoms with van der Waals surface area (Å²) in [5, 5.41) is 5.80.